The second kappa shape index (κ2) is 9.02. The fraction of sp³-hybridized carbons (Fsp3) is 0.154. The van der Waals surface area contributed by atoms with Crippen LogP contribution in [0.3, 0.4) is 0 Å². The highest BCUT2D eigenvalue weighted by atomic mass is 35.5. The van der Waals surface area contributed by atoms with Crippen LogP contribution in [0.1, 0.15) is 32.8 Å². The van der Waals surface area contributed by atoms with Gasteiger partial charge in [0.1, 0.15) is 5.02 Å². The number of aromatic nitrogens is 2. The van der Waals surface area contributed by atoms with Crippen LogP contribution in [-0.2, 0) is 0 Å². The Morgan fingerprint density at radius 2 is 1.07 bits per heavy atom. The summed E-state index contributed by atoms with van der Waals surface area (Å²) in [4.78, 5) is 0. The molecule has 0 bridgehead atoms. The molecule has 0 aliphatic rings. The molecular weight excluding hydrogens is 376 g/mol. The average molecular weight is 403 g/mol. The molecule has 0 aliphatic heterocycles. The summed E-state index contributed by atoms with van der Waals surface area (Å²) in [5.41, 5.74) is 5.92. The zero-order valence-electron chi connectivity index (χ0n) is 16.1. The summed E-state index contributed by atoms with van der Waals surface area (Å²) < 4.78 is 4.22. The molecule has 2 heterocycles. The van der Waals surface area contributed by atoms with Gasteiger partial charge >= 0.3 is 0 Å². The Labute approximate surface area is 178 Å². The van der Waals surface area contributed by atoms with Crippen LogP contribution in [0, 0.1) is 0 Å². The largest absolute Gasteiger partial charge is 0.229 e. The molecule has 0 unspecified atom stereocenters. The van der Waals surface area contributed by atoms with Crippen molar-refractivity contribution in [2.24, 2.45) is 0 Å². The fourth-order valence-electron chi connectivity index (χ4n) is 3.43. The second-order valence-electron chi connectivity index (χ2n) is 7.15. The standard InChI is InChI=1S/C25H23ClN2.CH4/c1-19(2)22-7-3-5-9-24(22)27-15-11-20(12-16-27)21-13-17-28(18-14-21)25-10-6-4-8-23(25)26;/h3-19H,1-2H3;1H4/q+2;. The van der Waals surface area contributed by atoms with E-state index in [9.17, 15) is 0 Å². The quantitative estimate of drug-likeness (QED) is 0.353. The van der Waals surface area contributed by atoms with Crippen molar-refractivity contribution >= 4 is 11.6 Å². The van der Waals surface area contributed by atoms with E-state index in [1.807, 2.05) is 41.2 Å². The van der Waals surface area contributed by atoms with Gasteiger partial charge in [0, 0.05) is 42.0 Å². The van der Waals surface area contributed by atoms with Gasteiger partial charge in [-0.3, -0.25) is 0 Å². The Morgan fingerprint density at radius 3 is 1.59 bits per heavy atom. The van der Waals surface area contributed by atoms with Gasteiger partial charge in [-0.25, -0.2) is 0 Å². The lowest BCUT2D eigenvalue weighted by Gasteiger charge is -2.08. The van der Waals surface area contributed by atoms with Gasteiger partial charge in [-0.15, -0.1) is 0 Å². The fourth-order valence-corrected chi connectivity index (χ4v) is 3.66. The van der Waals surface area contributed by atoms with E-state index in [1.165, 1.54) is 22.4 Å². The lowest BCUT2D eigenvalue weighted by atomic mass is 10.0. The minimum atomic E-state index is 0. The lowest BCUT2D eigenvalue weighted by molar-refractivity contribution is -0.596. The van der Waals surface area contributed by atoms with E-state index >= 15 is 0 Å². The molecule has 29 heavy (non-hydrogen) atoms. The number of rotatable bonds is 4. The highest BCUT2D eigenvalue weighted by molar-refractivity contribution is 6.32. The summed E-state index contributed by atoms with van der Waals surface area (Å²) in [6, 6.07) is 25.0. The van der Waals surface area contributed by atoms with Gasteiger partial charge in [-0.2, -0.15) is 9.13 Å². The van der Waals surface area contributed by atoms with Crippen molar-refractivity contribution in [3.05, 3.63) is 108 Å². The summed E-state index contributed by atoms with van der Waals surface area (Å²) in [7, 11) is 0. The highest BCUT2D eigenvalue weighted by Gasteiger charge is 2.15. The minimum Gasteiger partial charge on any atom is -0.167 e. The summed E-state index contributed by atoms with van der Waals surface area (Å²) >= 11 is 6.30. The van der Waals surface area contributed by atoms with Crippen molar-refractivity contribution in [1.29, 1.82) is 0 Å². The van der Waals surface area contributed by atoms with E-state index < -0.39 is 0 Å². The molecule has 0 N–H and O–H groups in total. The number of halogens is 1. The van der Waals surface area contributed by atoms with Crippen molar-refractivity contribution in [1.82, 2.24) is 0 Å². The Bertz CT molecular complexity index is 1080. The van der Waals surface area contributed by atoms with Gasteiger partial charge < -0.3 is 0 Å². The molecule has 0 spiro atoms. The molecule has 0 amide bonds. The normalized spacial score (nSPS) is 10.6. The monoisotopic (exact) mass is 402 g/mol. The van der Waals surface area contributed by atoms with Crippen molar-refractivity contribution in [2.75, 3.05) is 0 Å². The molecular formula is C26H27ClN2+2. The predicted molar refractivity (Wildman–Crippen MR) is 121 cm³/mol. The zero-order chi connectivity index (χ0) is 19.5. The van der Waals surface area contributed by atoms with Crippen LogP contribution in [0.5, 0.6) is 0 Å². The van der Waals surface area contributed by atoms with Crippen LogP contribution in [0.15, 0.2) is 97.6 Å². The summed E-state index contributed by atoms with van der Waals surface area (Å²) in [5, 5.41) is 0.741. The van der Waals surface area contributed by atoms with Crippen molar-refractivity contribution in [3.63, 3.8) is 0 Å². The second-order valence-corrected chi connectivity index (χ2v) is 7.56. The van der Waals surface area contributed by atoms with Gasteiger partial charge in [0.05, 0.1) is 0 Å². The van der Waals surface area contributed by atoms with Gasteiger partial charge in [0.25, 0.3) is 0 Å². The SMILES string of the molecule is C.CC(C)c1ccccc1-[n+]1ccc(-c2cc[n+](-c3ccccc3Cl)cc2)cc1. The topological polar surface area (TPSA) is 7.76 Å². The molecule has 0 saturated heterocycles. The van der Waals surface area contributed by atoms with E-state index in [1.54, 1.807) is 0 Å². The smallest absolute Gasteiger partial charge is 0.167 e. The van der Waals surface area contributed by atoms with Gasteiger partial charge in [-0.05, 0) is 23.1 Å². The molecule has 2 nitrogen and oxygen atoms in total. The van der Waals surface area contributed by atoms with Gasteiger partial charge in [0.2, 0.25) is 11.4 Å². The Balaban J connectivity index is 0.00000240. The first-order valence-electron chi connectivity index (χ1n) is 9.51. The number of para-hydroxylation sites is 2. The van der Waals surface area contributed by atoms with Crippen molar-refractivity contribution < 1.29 is 9.13 Å². The Morgan fingerprint density at radius 1 is 0.621 bits per heavy atom. The molecule has 0 atom stereocenters. The molecule has 146 valence electrons. The lowest BCUT2D eigenvalue weighted by Crippen LogP contribution is -2.31. The zero-order valence-corrected chi connectivity index (χ0v) is 16.8. The molecule has 3 heteroatoms. The van der Waals surface area contributed by atoms with E-state index in [0.717, 1.165) is 10.7 Å². The highest BCUT2D eigenvalue weighted by Crippen LogP contribution is 2.21. The van der Waals surface area contributed by atoms with Crippen LogP contribution in [-0.4, -0.2) is 0 Å². The van der Waals surface area contributed by atoms with Crippen LogP contribution < -0.4 is 9.13 Å². The maximum atomic E-state index is 6.30. The molecule has 4 rings (SSSR count). The van der Waals surface area contributed by atoms with Crippen LogP contribution >= 0.6 is 11.6 Å². The number of hydrogen-bond donors (Lipinski definition) is 0. The third-order valence-electron chi connectivity index (χ3n) is 4.96. The first-order valence-corrected chi connectivity index (χ1v) is 9.88. The molecule has 0 radical (unpaired) electrons. The average Bonchev–Trinajstić information content (AvgIpc) is 2.74. The third kappa shape index (κ3) is 4.38. The van der Waals surface area contributed by atoms with Crippen LogP contribution in [0.25, 0.3) is 22.5 Å². The number of hydrogen-bond acceptors (Lipinski definition) is 0. The summed E-state index contributed by atoms with van der Waals surface area (Å²) in [5.74, 6) is 0.484. The van der Waals surface area contributed by atoms with Crippen LogP contribution in [0.2, 0.25) is 5.02 Å². The maximum Gasteiger partial charge on any atom is 0.229 e. The van der Waals surface area contributed by atoms with Crippen molar-refractivity contribution in [2.45, 2.75) is 27.2 Å². The maximum absolute atomic E-state index is 6.30. The summed E-state index contributed by atoms with van der Waals surface area (Å²) in [6.07, 6.45) is 8.36. The molecule has 0 saturated carbocycles. The van der Waals surface area contributed by atoms with Gasteiger partial charge in [-0.1, -0.05) is 63.2 Å². The van der Waals surface area contributed by atoms with Crippen LogP contribution in [0.4, 0.5) is 0 Å². The molecule has 0 aliphatic carbocycles. The Kier molecular flexibility index (Phi) is 6.46. The molecule has 4 aromatic rings. The number of nitrogens with zero attached hydrogens (tertiary/aromatic N) is 2. The minimum absolute atomic E-state index is 0. The molecule has 0 fully saturated rings. The summed E-state index contributed by atoms with van der Waals surface area (Å²) in [6.45, 7) is 4.46. The third-order valence-corrected chi connectivity index (χ3v) is 5.28. The number of pyridine rings is 2. The first kappa shape index (κ1) is 20.8. The first-order chi connectivity index (χ1) is 13.6. The van der Waals surface area contributed by atoms with Gasteiger partial charge in [0.15, 0.2) is 24.8 Å². The van der Waals surface area contributed by atoms with E-state index in [4.69, 9.17) is 11.6 Å². The van der Waals surface area contributed by atoms with Crippen molar-refractivity contribution in [3.8, 4) is 22.5 Å². The predicted octanol–water partition coefficient (Wildman–Crippen LogP) is 6.32. The number of benzene rings is 2. The Hall–Kier alpha value is -2.97. The van der Waals surface area contributed by atoms with E-state index in [2.05, 4.69) is 79.3 Å². The molecule has 2 aromatic heterocycles. The molecule has 2 aromatic carbocycles. The van der Waals surface area contributed by atoms with E-state index in [-0.39, 0.29) is 7.43 Å². The van der Waals surface area contributed by atoms with E-state index in [0.29, 0.717) is 5.92 Å².